The van der Waals surface area contributed by atoms with Gasteiger partial charge in [0.15, 0.2) is 0 Å². The molecule has 1 unspecified atom stereocenters. The van der Waals surface area contributed by atoms with Crippen LogP contribution in [-0.2, 0) is 32.2 Å². The van der Waals surface area contributed by atoms with E-state index in [0.29, 0.717) is 29.2 Å². The van der Waals surface area contributed by atoms with Gasteiger partial charge in [-0.2, -0.15) is 13.2 Å². The first kappa shape index (κ1) is 29.6. The first-order valence-corrected chi connectivity index (χ1v) is 14.2. The first-order valence-electron chi connectivity index (χ1n) is 12.4. The third-order valence-corrected chi connectivity index (χ3v) is 8.65. The van der Waals surface area contributed by atoms with E-state index in [1.165, 1.54) is 12.1 Å². The molecular formula is C29H26ClF4NO4S. The molecule has 5 nitrogen and oxygen atoms in total. The molecule has 11 heteroatoms. The lowest BCUT2D eigenvalue weighted by Gasteiger charge is -2.35. The number of allylic oxidation sites excluding steroid dienone is 1. The molecule has 1 heterocycles. The maximum absolute atomic E-state index is 14.4. The van der Waals surface area contributed by atoms with Crippen LogP contribution in [0.1, 0.15) is 42.5 Å². The average molecular weight is 596 g/mol. The van der Waals surface area contributed by atoms with Crippen LogP contribution < -0.4 is 4.31 Å². The SMILES string of the molecule is CCOC(=O)CC1Cc2cc(/C=C(\C)c3c(F)cccc3Cl)ccc2N(S(=O)(=O)c2cccc(C(F)(F)F)c2)C1. The van der Waals surface area contributed by atoms with E-state index in [2.05, 4.69) is 0 Å². The number of hydrogen-bond donors (Lipinski definition) is 0. The molecular weight excluding hydrogens is 570 g/mol. The predicted octanol–water partition coefficient (Wildman–Crippen LogP) is 7.38. The summed E-state index contributed by atoms with van der Waals surface area (Å²) in [7, 11) is -4.43. The van der Waals surface area contributed by atoms with Crippen molar-refractivity contribution in [3.8, 4) is 0 Å². The van der Waals surface area contributed by atoms with Crippen LogP contribution >= 0.6 is 11.6 Å². The van der Waals surface area contributed by atoms with Crippen molar-refractivity contribution in [3.05, 3.63) is 93.8 Å². The number of esters is 1. The van der Waals surface area contributed by atoms with Crippen LogP contribution in [0.15, 0.2) is 65.6 Å². The number of sulfonamides is 1. The summed E-state index contributed by atoms with van der Waals surface area (Å²) < 4.78 is 87.9. The number of benzene rings is 3. The number of ether oxygens (including phenoxy) is 1. The van der Waals surface area contributed by atoms with Crippen molar-refractivity contribution in [2.75, 3.05) is 17.5 Å². The Morgan fingerprint density at radius 2 is 1.85 bits per heavy atom. The monoisotopic (exact) mass is 595 g/mol. The number of nitrogens with zero attached hydrogens (tertiary/aromatic N) is 1. The molecule has 0 aliphatic carbocycles. The third-order valence-electron chi connectivity index (χ3n) is 6.56. The van der Waals surface area contributed by atoms with E-state index in [0.717, 1.165) is 22.5 Å². The van der Waals surface area contributed by atoms with Crippen molar-refractivity contribution < 1.29 is 35.5 Å². The van der Waals surface area contributed by atoms with E-state index in [4.69, 9.17) is 16.3 Å². The van der Waals surface area contributed by atoms with Crippen LogP contribution in [0.4, 0.5) is 23.2 Å². The van der Waals surface area contributed by atoms with Gasteiger partial charge in [0.1, 0.15) is 5.82 Å². The van der Waals surface area contributed by atoms with Crippen LogP contribution in [0.3, 0.4) is 0 Å². The van der Waals surface area contributed by atoms with E-state index in [1.54, 1.807) is 44.2 Å². The van der Waals surface area contributed by atoms with Gasteiger partial charge < -0.3 is 4.74 Å². The normalized spacial score (nSPS) is 16.0. The first-order chi connectivity index (χ1) is 18.8. The molecule has 1 aliphatic rings. The predicted molar refractivity (Wildman–Crippen MR) is 146 cm³/mol. The number of halogens is 5. The van der Waals surface area contributed by atoms with Crippen LogP contribution in [0, 0.1) is 11.7 Å². The Labute approximate surface area is 235 Å². The lowest BCUT2D eigenvalue weighted by Crippen LogP contribution is -2.40. The Bertz CT molecular complexity index is 1550. The van der Waals surface area contributed by atoms with E-state index in [9.17, 15) is 30.8 Å². The lowest BCUT2D eigenvalue weighted by molar-refractivity contribution is -0.144. The van der Waals surface area contributed by atoms with Crippen LogP contribution in [-0.4, -0.2) is 27.5 Å². The van der Waals surface area contributed by atoms with Crippen molar-refractivity contribution in [2.45, 2.75) is 37.8 Å². The van der Waals surface area contributed by atoms with Gasteiger partial charge in [-0.3, -0.25) is 9.10 Å². The average Bonchev–Trinajstić information content (AvgIpc) is 2.87. The zero-order chi connectivity index (χ0) is 29.2. The molecule has 0 saturated carbocycles. The Hall–Kier alpha value is -3.37. The van der Waals surface area contributed by atoms with Crippen LogP contribution in [0.5, 0.6) is 0 Å². The molecule has 1 atom stereocenters. The third kappa shape index (κ3) is 6.33. The number of anilines is 1. The minimum absolute atomic E-state index is 0.0776. The summed E-state index contributed by atoms with van der Waals surface area (Å²) in [6.07, 6.45) is -2.78. The van der Waals surface area contributed by atoms with Gasteiger partial charge in [-0.25, -0.2) is 12.8 Å². The number of carbonyl (C=O) groups is 1. The minimum Gasteiger partial charge on any atom is -0.466 e. The summed E-state index contributed by atoms with van der Waals surface area (Å²) >= 11 is 6.20. The van der Waals surface area contributed by atoms with Crippen molar-refractivity contribution in [1.82, 2.24) is 0 Å². The lowest BCUT2D eigenvalue weighted by atomic mass is 9.90. The van der Waals surface area contributed by atoms with Gasteiger partial charge in [-0.05, 0) is 85.4 Å². The van der Waals surface area contributed by atoms with Gasteiger partial charge in [0.05, 0.1) is 34.2 Å². The second-order valence-corrected chi connectivity index (χ2v) is 11.7. The van der Waals surface area contributed by atoms with Crippen molar-refractivity contribution in [3.63, 3.8) is 0 Å². The maximum atomic E-state index is 14.4. The molecule has 1 aliphatic heterocycles. The second kappa shape index (κ2) is 11.6. The summed E-state index contributed by atoms with van der Waals surface area (Å²) in [6.45, 7) is 3.38. The smallest absolute Gasteiger partial charge is 0.416 e. The Morgan fingerprint density at radius 1 is 1.12 bits per heavy atom. The standard InChI is InChI=1S/C29H26ClF4NO4S/c1-3-39-27(36)15-20-14-21-13-19(12-18(2)28-24(30)8-5-9-25(28)31)10-11-26(21)35(17-20)40(37,38)23-7-4-6-22(16-23)29(32,33)34/h4-13,16,20H,3,14-15,17H2,1-2H3/b18-12+. The largest absolute Gasteiger partial charge is 0.466 e. The van der Waals surface area contributed by atoms with Gasteiger partial charge in [0.25, 0.3) is 10.0 Å². The summed E-state index contributed by atoms with van der Waals surface area (Å²) in [5.41, 5.74) is 1.17. The summed E-state index contributed by atoms with van der Waals surface area (Å²) in [6, 6.07) is 12.8. The molecule has 0 radical (unpaired) electrons. The molecule has 0 spiro atoms. The number of hydrogen-bond acceptors (Lipinski definition) is 4. The molecule has 0 aromatic heterocycles. The van der Waals surface area contributed by atoms with E-state index in [-0.39, 0.29) is 35.8 Å². The highest BCUT2D eigenvalue weighted by Crippen LogP contribution is 2.38. The van der Waals surface area contributed by atoms with E-state index < -0.39 is 44.4 Å². The van der Waals surface area contributed by atoms with Crippen molar-refractivity contribution in [1.29, 1.82) is 0 Å². The second-order valence-electron chi connectivity index (χ2n) is 9.45. The van der Waals surface area contributed by atoms with E-state index >= 15 is 0 Å². The molecule has 0 bridgehead atoms. The number of carbonyl (C=O) groups excluding carboxylic acids is 1. The summed E-state index contributed by atoms with van der Waals surface area (Å²) in [5.74, 6) is -1.49. The number of rotatable bonds is 7. The van der Waals surface area contributed by atoms with E-state index in [1.807, 2.05) is 0 Å². The molecule has 0 N–H and O–H groups in total. The summed E-state index contributed by atoms with van der Waals surface area (Å²) in [4.78, 5) is 11.8. The number of alkyl halides is 3. The quantitative estimate of drug-likeness (QED) is 0.162. The highest BCUT2D eigenvalue weighted by atomic mass is 35.5. The Kier molecular flexibility index (Phi) is 8.60. The molecule has 3 aromatic rings. The molecule has 3 aromatic carbocycles. The van der Waals surface area contributed by atoms with Crippen molar-refractivity contribution >= 4 is 44.9 Å². The molecule has 0 amide bonds. The highest BCUT2D eigenvalue weighted by molar-refractivity contribution is 7.92. The zero-order valence-electron chi connectivity index (χ0n) is 21.6. The fourth-order valence-electron chi connectivity index (χ4n) is 4.79. The van der Waals surface area contributed by atoms with Gasteiger partial charge in [0.2, 0.25) is 0 Å². The molecule has 212 valence electrons. The fraction of sp³-hybridized carbons (Fsp3) is 0.276. The fourth-order valence-corrected chi connectivity index (χ4v) is 6.72. The van der Waals surface area contributed by atoms with Gasteiger partial charge in [0, 0.05) is 12.1 Å². The maximum Gasteiger partial charge on any atom is 0.416 e. The van der Waals surface area contributed by atoms with Gasteiger partial charge in [-0.15, -0.1) is 0 Å². The topological polar surface area (TPSA) is 63.7 Å². The van der Waals surface area contributed by atoms with Crippen molar-refractivity contribution in [2.24, 2.45) is 5.92 Å². The summed E-state index contributed by atoms with van der Waals surface area (Å²) in [5, 5.41) is 0.236. The Morgan fingerprint density at radius 3 is 2.52 bits per heavy atom. The zero-order valence-corrected chi connectivity index (χ0v) is 23.2. The van der Waals surface area contributed by atoms with Gasteiger partial charge >= 0.3 is 12.1 Å². The van der Waals surface area contributed by atoms with Crippen LogP contribution in [0.2, 0.25) is 5.02 Å². The van der Waals surface area contributed by atoms with Crippen LogP contribution in [0.25, 0.3) is 11.6 Å². The molecule has 4 rings (SSSR count). The number of fused-ring (bicyclic) bond motifs is 1. The molecule has 0 fully saturated rings. The highest BCUT2D eigenvalue weighted by Gasteiger charge is 2.37. The Balaban J connectivity index is 1.78. The van der Waals surface area contributed by atoms with Gasteiger partial charge in [-0.1, -0.05) is 35.9 Å². The molecule has 0 saturated heterocycles. The minimum atomic E-state index is -4.72. The molecule has 40 heavy (non-hydrogen) atoms.